The van der Waals surface area contributed by atoms with Gasteiger partial charge in [0.25, 0.3) is 0 Å². The summed E-state index contributed by atoms with van der Waals surface area (Å²) in [6.07, 6.45) is 2.46. The van der Waals surface area contributed by atoms with Crippen LogP contribution in [0.1, 0.15) is 30.9 Å². The van der Waals surface area contributed by atoms with Gasteiger partial charge in [0.15, 0.2) is 0 Å². The molecule has 0 saturated heterocycles. The van der Waals surface area contributed by atoms with Gasteiger partial charge in [-0.15, -0.1) is 6.58 Å². The van der Waals surface area contributed by atoms with Gasteiger partial charge >= 0.3 is 0 Å². The molecule has 31 heavy (non-hydrogen) atoms. The van der Waals surface area contributed by atoms with Gasteiger partial charge in [0.2, 0.25) is 10.0 Å². The Morgan fingerprint density at radius 1 is 0.968 bits per heavy atom. The lowest BCUT2D eigenvalue weighted by molar-refractivity contribution is 0.269. The van der Waals surface area contributed by atoms with Crippen LogP contribution >= 0.6 is 0 Å². The lowest BCUT2D eigenvalue weighted by Crippen LogP contribution is -2.41. The molecule has 0 heterocycles. The van der Waals surface area contributed by atoms with E-state index in [0.717, 1.165) is 11.1 Å². The smallest absolute Gasteiger partial charge is 0.217 e. The molecule has 2 aromatic carbocycles. The second-order valence-electron chi connectivity index (χ2n) is 7.56. The molecule has 7 heteroatoms. The van der Waals surface area contributed by atoms with Crippen molar-refractivity contribution in [2.24, 2.45) is 5.92 Å². The number of ether oxygens (including phenoxy) is 2. The Labute approximate surface area is 186 Å². The van der Waals surface area contributed by atoms with Gasteiger partial charge in [0.05, 0.1) is 19.5 Å². The Morgan fingerprint density at radius 2 is 1.42 bits per heavy atom. The van der Waals surface area contributed by atoms with Gasteiger partial charge in [-0.05, 0) is 54.2 Å². The summed E-state index contributed by atoms with van der Waals surface area (Å²) in [5.74, 6) is 1.26. The summed E-state index contributed by atoms with van der Waals surface area (Å²) in [7, 11) is -0.525. The number of sulfonamides is 1. The Balaban J connectivity index is 2.39. The van der Waals surface area contributed by atoms with E-state index in [0.29, 0.717) is 17.9 Å². The van der Waals surface area contributed by atoms with Crippen molar-refractivity contribution in [2.45, 2.75) is 38.1 Å². The average molecular weight is 448 g/mol. The molecule has 0 fully saturated rings. The summed E-state index contributed by atoms with van der Waals surface area (Å²) < 4.78 is 39.4. The van der Waals surface area contributed by atoms with Gasteiger partial charge in [-0.25, -0.2) is 8.42 Å². The summed E-state index contributed by atoms with van der Waals surface area (Å²) in [5, 5.41) is 8.86. The molecule has 170 valence electrons. The van der Waals surface area contributed by atoms with Crippen LogP contribution in [0.4, 0.5) is 0 Å². The summed E-state index contributed by atoms with van der Waals surface area (Å²) in [5.41, 5.74) is 1.72. The molecule has 0 bridgehead atoms. The van der Waals surface area contributed by atoms with Crippen LogP contribution in [0.15, 0.2) is 61.2 Å². The SMILES string of the molecule is C=CC[C@H](C)C(CCO)S(=O)(=O)N(Cc1ccc(OC)cc1)Cc1ccc(OC)cc1. The molecule has 0 radical (unpaired) electrons. The first kappa shape index (κ1) is 24.9. The number of benzene rings is 2. The first-order valence-corrected chi connectivity index (χ1v) is 11.8. The van der Waals surface area contributed by atoms with Crippen molar-refractivity contribution in [1.82, 2.24) is 4.31 Å². The maximum absolute atomic E-state index is 13.7. The summed E-state index contributed by atoms with van der Waals surface area (Å²) in [6, 6.07) is 14.7. The first-order valence-electron chi connectivity index (χ1n) is 10.3. The Bertz CT molecular complexity index is 860. The van der Waals surface area contributed by atoms with Crippen molar-refractivity contribution >= 4 is 10.0 Å². The van der Waals surface area contributed by atoms with Crippen molar-refractivity contribution in [3.8, 4) is 11.5 Å². The summed E-state index contributed by atoms with van der Waals surface area (Å²) in [6.45, 7) is 5.89. The minimum atomic E-state index is -3.71. The van der Waals surface area contributed by atoms with Gasteiger partial charge < -0.3 is 14.6 Å². The normalized spacial score (nSPS) is 13.6. The van der Waals surface area contributed by atoms with E-state index in [1.54, 1.807) is 20.3 Å². The monoisotopic (exact) mass is 447 g/mol. The molecule has 2 rings (SSSR count). The highest BCUT2D eigenvalue weighted by molar-refractivity contribution is 7.89. The molecule has 1 unspecified atom stereocenters. The van der Waals surface area contributed by atoms with Crippen LogP contribution in [0.3, 0.4) is 0 Å². The van der Waals surface area contributed by atoms with Crippen molar-refractivity contribution in [1.29, 1.82) is 0 Å². The molecule has 0 aliphatic rings. The van der Waals surface area contributed by atoms with Crippen LogP contribution in [0.25, 0.3) is 0 Å². The van der Waals surface area contributed by atoms with Crippen LogP contribution in [-0.2, 0) is 23.1 Å². The van der Waals surface area contributed by atoms with Gasteiger partial charge in [0, 0.05) is 19.7 Å². The van der Waals surface area contributed by atoms with Gasteiger partial charge in [-0.3, -0.25) is 0 Å². The third kappa shape index (κ3) is 6.82. The van der Waals surface area contributed by atoms with Gasteiger partial charge in [-0.1, -0.05) is 37.3 Å². The van der Waals surface area contributed by atoms with Crippen LogP contribution in [0, 0.1) is 5.92 Å². The molecule has 0 aromatic heterocycles. The minimum absolute atomic E-state index is 0.163. The fourth-order valence-electron chi connectivity index (χ4n) is 3.57. The van der Waals surface area contributed by atoms with E-state index in [4.69, 9.17) is 9.47 Å². The summed E-state index contributed by atoms with van der Waals surface area (Å²) >= 11 is 0. The van der Waals surface area contributed by atoms with E-state index >= 15 is 0 Å². The molecule has 2 aromatic rings. The number of aliphatic hydroxyl groups excluding tert-OH is 1. The highest BCUT2D eigenvalue weighted by Crippen LogP contribution is 2.27. The largest absolute Gasteiger partial charge is 0.497 e. The maximum Gasteiger partial charge on any atom is 0.217 e. The van der Waals surface area contributed by atoms with E-state index in [-0.39, 0.29) is 32.0 Å². The quantitative estimate of drug-likeness (QED) is 0.470. The molecule has 0 amide bonds. The molecule has 6 nitrogen and oxygen atoms in total. The molecule has 0 aliphatic carbocycles. The Morgan fingerprint density at radius 3 is 1.77 bits per heavy atom. The standard InChI is InChI=1S/C24H33NO5S/c1-5-6-19(2)24(15-16-26)31(27,28)25(17-20-7-11-22(29-3)12-8-20)18-21-9-13-23(30-4)14-10-21/h5,7-14,19,24,26H,1,6,15-18H2,2-4H3/t19-,24?/m0/s1. The number of nitrogens with zero attached hydrogens (tertiary/aromatic N) is 1. The molecule has 1 N–H and O–H groups in total. The van der Waals surface area contributed by atoms with Crippen molar-refractivity contribution < 1.29 is 23.0 Å². The molecule has 2 atom stereocenters. The van der Waals surface area contributed by atoms with E-state index in [1.165, 1.54) is 4.31 Å². The molecular formula is C24H33NO5S. The number of aliphatic hydroxyl groups is 1. The topological polar surface area (TPSA) is 76.1 Å². The number of rotatable bonds is 13. The van der Waals surface area contributed by atoms with Crippen molar-refractivity contribution in [3.05, 3.63) is 72.3 Å². The van der Waals surface area contributed by atoms with Crippen LogP contribution < -0.4 is 9.47 Å². The molecule has 0 saturated carbocycles. The van der Waals surface area contributed by atoms with E-state index in [2.05, 4.69) is 6.58 Å². The second kappa shape index (κ2) is 11.9. The zero-order valence-corrected chi connectivity index (χ0v) is 19.3. The number of hydrogen-bond acceptors (Lipinski definition) is 5. The van der Waals surface area contributed by atoms with Gasteiger partial charge in [-0.2, -0.15) is 4.31 Å². The van der Waals surface area contributed by atoms with Crippen molar-refractivity contribution in [2.75, 3.05) is 20.8 Å². The van der Waals surface area contributed by atoms with Crippen LogP contribution in [0.5, 0.6) is 11.5 Å². The number of allylic oxidation sites excluding steroid dienone is 1. The molecular weight excluding hydrogens is 414 g/mol. The number of methoxy groups -OCH3 is 2. The first-order chi connectivity index (χ1) is 14.8. The third-order valence-electron chi connectivity index (χ3n) is 5.37. The summed E-state index contributed by atoms with van der Waals surface area (Å²) in [4.78, 5) is 0. The number of hydrogen-bond donors (Lipinski definition) is 1. The lowest BCUT2D eigenvalue weighted by Gasteiger charge is -2.30. The predicted octanol–water partition coefficient (Wildman–Crippen LogP) is 4.00. The zero-order chi connectivity index (χ0) is 22.9. The molecule has 0 aliphatic heterocycles. The molecule has 0 spiro atoms. The highest BCUT2D eigenvalue weighted by Gasteiger charge is 2.35. The van der Waals surface area contributed by atoms with Crippen LogP contribution in [0.2, 0.25) is 0 Å². The van der Waals surface area contributed by atoms with E-state index in [1.807, 2.05) is 55.5 Å². The van der Waals surface area contributed by atoms with Crippen molar-refractivity contribution in [3.63, 3.8) is 0 Å². The minimum Gasteiger partial charge on any atom is -0.497 e. The van der Waals surface area contributed by atoms with Crippen LogP contribution in [-0.4, -0.2) is 43.9 Å². The Hall–Kier alpha value is -2.35. The zero-order valence-electron chi connectivity index (χ0n) is 18.5. The third-order valence-corrected chi connectivity index (χ3v) is 7.81. The highest BCUT2D eigenvalue weighted by atomic mass is 32.2. The fourth-order valence-corrected chi connectivity index (χ4v) is 5.71. The van der Waals surface area contributed by atoms with E-state index < -0.39 is 15.3 Å². The lowest BCUT2D eigenvalue weighted by atomic mass is 10.0. The van der Waals surface area contributed by atoms with E-state index in [9.17, 15) is 13.5 Å². The predicted molar refractivity (Wildman–Crippen MR) is 124 cm³/mol. The van der Waals surface area contributed by atoms with Gasteiger partial charge in [0.1, 0.15) is 11.5 Å². The maximum atomic E-state index is 13.7. The average Bonchev–Trinajstić information content (AvgIpc) is 2.78. The second-order valence-corrected chi connectivity index (χ2v) is 9.71. The Kier molecular flexibility index (Phi) is 9.55. The fraction of sp³-hybridized carbons (Fsp3) is 0.417.